The molecule has 1 fully saturated rings. The number of benzene rings is 1. The van der Waals surface area contributed by atoms with Crippen molar-refractivity contribution in [2.24, 2.45) is 0 Å². The number of thiazole rings is 1. The van der Waals surface area contributed by atoms with Crippen LogP contribution in [-0.4, -0.2) is 32.9 Å². The number of nitrogens with zero attached hydrogens (tertiary/aromatic N) is 4. The van der Waals surface area contributed by atoms with Crippen molar-refractivity contribution in [3.63, 3.8) is 0 Å². The SMILES string of the molecule is Cc1csc(C(C)N(C)Cc2nc(NC3CCCCC3)c3ccccc3n2)n1. The lowest BCUT2D eigenvalue weighted by atomic mass is 9.95. The van der Waals surface area contributed by atoms with Crippen LogP contribution in [-0.2, 0) is 6.54 Å². The van der Waals surface area contributed by atoms with Crippen molar-refractivity contribution in [2.45, 2.75) is 64.6 Å². The van der Waals surface area contributed by atoms with Crippen LogP contribution < -0.4 is 5.32 Å². The molecule has 1 aliphatic carbocycles. The molecule has 1 aliphatic rings. The van der Waals surface area contributed by atoms with Crippen molar-refractivity contribution in [1.82, 2.24) is 19.9 Å². The lowest BCUT2D eigenvalue weighted by molar-refractivity contribution is 0.246. The summed E-state index contributed by atoms with van der Waals surface area (Å²) in [5.74, 6) is 1.85. The largest absolute Gasteiger partial charge is 0.367 e. The molecule has 0 radical (unpaired) electrons. The van der Waals surface area contributed by atoms with E-state index in [0.29, 0.717) is 12.6 Å². The van der Waals surface area contributed by atoms with E-state index in [0.717, 1.165) is 33.2 Å². The Morgan fingerprint density at radius 2 is 1.93 bits per heavy atom. The number of nitrogens with one attached hydrogen (secondary N) is 1. The summed E-state index contributed by atoms with van der Waals surface area (Å²) in [6.07, 6.45) is 6.43. The van der Waals surface area contributed by atoms with Gasteiger partial charge in [-0.05, 0) is 45.9 Å². The minimum atomic E-state index is 0.239. The number of para-hydroxylation sites is 1. The molecule has 0 aliphatic heterocycles. The zero-order valence-electron chi connectivity index (χ0n) is 17.0. The van der Waals surface area contributed by atoms with Gasteiger partial charge in [-0.2, -0.15) is 0 Å². The summed E-state index contributed by atoms with van der Waals surface area (Å²) in [6, 6.07) is 9.08. The Labute approximate surface area is 171 Å². The Morgan fingerprint density at radius 1 is 1.14 bits per heavy atom. The van der Waals surface area contributed by atoms with E-state index in [-0.39, 0.29) is 6.04 Å². The number of rotatable bonds is 6. The van der Waals surface area contributed by atoms with Gasteiger partial charge in [0.2, 0.25) is 0 Å². The predicted octanol–water partition coefficient (Wildman–Crippen LogP) is 5.33. The topological polar surface area (TPSA) is 53.9 Å². The molecule has 0 bridgehead atoms. The molecule has 2 aromatic heterocycles. The van der Waals surface area contributed by atoms with E-state index in [2.05, 4.69) is 52.8 Å². The van der Waals surface area contributed by atoms with Gasteiger partial charge in [-0.15, -0.1) is 11.3 Å². The number of anilines is 1. The van der Waals surface area contributed by atoms with Crippen LogP contribution in [0.2, 0.25) is 0 Å². The minimum Gasteiger partial charge on any atom is -0.367 e. The smallest absolute Gasteiger partial charge is 0.145 e. The number of aryl methyl sites for hydroxylation is 1. The van der Waals surface area contributed by atoms with Crippen LogP contribution in [0.5, 0.6) is 0 Å². The predicted molar refractivity (Wildman–Crippen MR) is 117 cm³/mol. The van der Waals surface area contributed by atoms with Gasteiger partial charge in [0.15, 0.2) is 0 Å². The standard InChI is InChI=1S/C22H29N5S/c1-15-14-28-22(23-15)16(2)27(3)13-20-25-19-12-8-7-11-18(19)21(26-20)24-17-9-5-4-6-10-17/h7-8,11-12,14,16-17H,4-6,9-10,13H2,1-3H3,(H,24,25,26). The molecule has 1 unspecified atom stereocenters. The van der Waals surface area contributed by atoms with Crippen molar-refractivity contribution < 1.29 is 0 Å². The summed E-state index contributed by atoms with van der Waals surface area (Å²) in [6.45, 7) is 4.94. The molecule has 0 amide bonds. The van der Waals surface area contributed by atoms with E-state index >= 15 is 0 Å². The summed E-state index contributed by atoms with van der Waals surface area (Å²) in [7, 11) is 2.12. The highest BCUT2D eigenvalue weighted by molar-refractivity contribution is 7.09. The summed E-state index contributed by atoms with van der Waals surface area (Å²) >= 11 is 1.72. The Hall–Kier alpha value is -2.05. The molecule has 148 valence electrons. The molecule has 2 heterocycles. The first kappa shape index (κ1) is 19.3. The highest BCUT2D eigenvalue weighted by Crippen LogP contribution is 2.27. The van der Waals surface area contributed by atoms with Gasteiger partial charge in [-0.3, -0.25) is 4.90 Å². The van der Waals surface area contributed by atoms with Crippen LogP contribution in [0.4, 0.5) is 5.82 Å². The van der Waals surface area contributed by atoms with Gasteiger partial charge in [0, 0.05) is 22.5 Å². The molecule has 1 aromatic carbocycles. The molecule has 4 rings (SSSR count). The Morgan fingerprint density at radius 3 is 2.68 bits per heavy atom. The maximum absolute atomic E-state index is 4.94. The van der Waals surface area contributed by atoms with Crippen LogP contribution in [0.1, 0.15) is 61.6 Å². The average molecular weight is 396 g/mol. The van der Waals surface area contributed by atoms with E-state index in [9.17, 15) is 0 Å². The first-order valence-electron chi connectivity index (χ1n) is 10.2. The minimum absolute atomic E-state index is 0.239. The van der Waals surface area contributed by atoms with Gasteiger partial charge in [0.1, 0.15) is 16.6 Å². The van der Waals surface area contributed by atoms with E-state index in [1.54, 1.807) is 11.3 Å². The molecule has 0 saturated heterocycles. The van der Waals surface area contributed by atoms with Gasteiger partial charge < -0.3 is 5.32 Å². The van der Waals surface area contributed by atoms with Crippen molar-refractivity contribution >= 4 is 28.1 Å². The Balaban J connectivity index is 1.58. The van der Waals surface area contributed by atoms with Crippen LogP contribution in [0, 0.1) is 6.92 Å². The van der Waals surface area contributed by atoms with Crippen LogP contribution in [0.25, 0.3) is 10.9 Å². The average Bonchev–Trinajstić information content (AvgIpc) is 3.14. The van der Waals surface area contributed by atoms with Gasteiger partial charge in [0.05, 0.1) is 18.1 Å². The lowest BCUT2D eigenvalue weighted by Gasteiger charge is -2.25. The summed E-state index contributed by atoms with van der Waals surface area (Å²) in [4.78, 5) is 16.7. The fourth-order valence-electron chi connectivity index (χ4n) is 3.86. The molecule has 1 N–H and O–H groups in total. The zero-order chi connectivity index (χ0) is 19.5. The number of fused-ring (bicyclic) bond motifs is 1. The van der Waals surface area contributed by atoms with Crippen molar-refractivity contribution in [2.75, 3.05) is 12.4 Å². The Bertz CT molecular complexity index is 932. The second-order valence-electron chi connectivity index (χ2n) is 7.90. The maximum atomic E-state index is 4.94. The first-order valence-corrected chi connectivity index (χ1v) is 11.1. The lowest BCUT2D eigenvalue weighted by Crippen LogP contribution is -2.25. The van der Waals surface area contributed by atoms with Crippen LogP contribution in [0.15, 0.2) is 29.6 Å². The molecule has 1 saturated carbocycles. The molecule has 3 aromatic rings. The zero-order valence-corrected chi connectivity index (χ0v) is 17.8. The van der Waals surface area contributed by atoms with E-state index < -0.39 is 0 Å². The van der Waals surface area contributed by atoms with Gasteiger partial charge in [0.25, 0.3) is 0 Å². The molecular weight excluding hydrogens is 366 g/mol. The highest BCUT2D eigenvalue weighted by Gasteiger charge is 2.19. The summed E-state index contributed by atoms with van der Waals surface area (Å²) < 4.78 is 0. The quantitative estimate of drug-likeness (QED) is 0.611. The maximum Gasteiger partial charge on any atom is 0.145 e. The van der Waals surface area contributed by atoms with E-state index in [1.165, 1.54) is 32.1 Å². The third-order valence-electron chi connectivity index (χ3n) is 5.64. The van der Waals surface area contributed by atoms with Gasteiger partial charge in [-0.25, -0.2) is 15.0 Å². The molecule has 1 atom stereocenters. The summed E-state index contributed by atoms with van der Waals surface area (Å²) in [5.41, 5.74) is 2.10. The number of hydrogen-bond donors (Lipinski definition) is 1. The number of aromatic nitrogens is 3. The van der Waals surface area contributed by atoms with E-state index in [4.69, 9.17) is 9.97 Å². The second-order valence-corrected chi connectivity index (χ2v) is 8.79. The molecule has 28 heavy (non-hydrogen) atoms. The van der Waals surface area contributed by atoms with Crippen molar-refractivity contribution in [3.8, 4) is 0 Å². The van der Waals surface area contributed by atoms with Crippen LogP contribution in [0.3, 0.4) is 0 Å². The van der Waals surface area contributed by atoms with E-state index in [1.807, 2.05) is 13.0 Å². The second kappa shape index (κ2) is 8.53. The summed E-state index contributed by atoms with van der Waals surface area (Å²) in [5, 5.41) is 8.09. The molecule has 0 spiro atoms. The molecule has 6 heteroatoms. The first-order chi connectivity index (χ1) is 13.6. The third-order valence-corrected chi connectivity index (χ3v) is 6.77. The van der Waals surface area contributed by atoms with Crippen molar-refractivity contribution in [3.05, 3.63) is 46.2 Å². The highest BCUT2D eigenvalue weighted by atomic mass is 32.1. The fourth-order valence-corrected chi connectivity index (χ4v) is 4.78. The van der Waals surface area contributed by atoms with Crippen molar-refractivity contribution in [1.29, 1.82) is 0 Å². The molecule has 5 nitrogen and oxygen atoms in total. The number of hydrogen-bond acceptors (Lipinski definition) is 6. The fraction of sp³-hybridized carbons (Fsp3) is 0.500. The Kier molecular flexibility index (Phi) is 5.87. The van der Waals surface area contributed by atoms with Gasteiger partial charge >= 0.3 is 0 Å². The third kappa shape index (κ3) is 4.33. The van der Waals surface area contributed by atoms with Crippen LogP contribution >= 0.6 is 11.3 Å². The molecular formula is C22H29N5S. The monoisotopic (exact) mass is 395 g/mol. The normalized spacial score (nSPS) is 16.6. The van der Waals surface area contributed by atoms with Gasteiger partial charge in [-0.1, -0.05) is 31.4 Å².